The van der Waals surface area contributed by atoms with E-state index in [1.807, 2.05) is 12.1 Å². The van der Waals surface area contributed by atoms with Crippen molar-refractivity contribution in [3.8, 4) is 11.5 Å². The average molecular weight is 876 g/mol. The van der Waals surface area contributed by atoms with Gasteiger partial charge in [-0.15, -0.1) is 6.58 Å². The topological polar surface area (TPSA) is 192 Å². The molecule has 6 atom stereocenters. The standard InChI is InChI=1S/C47H58FN3O12/c1-3-24-61-47-43(50(46(55)58-2)20-25-59-26-23-54)29-41(49-62-30-32-14-16-35(17-15-32)51(56)57)38-27-33(10-6-8-21-52)37(12-7-9-22-53)44(45(38)47)39-28-36(18-19-42(39)63-47)60-31-34-11-4-5-13-40(34)48/h3-5,11,13-19,27-28,33,37,43-45,52-54H,1,6-10,12,20-26,29-31H2,2H3. The number of oxime groups is 1. The second kappa shape index (κ2) is 22.8. The summed E-state index contributed by atoms with van der Waals surface area (Å²) in [7, 11) is 1.29. The number of hydrogen-bond acceptors (Lipinski definition) is 13. The Bertz CT molecular complexity index is 2060. The SMILES string of the molecule is C=CCOC12Oc3ccc(OCc4ccccc4F)cc3C3C(CCCCO)C(CCCCO)C=C(C(=NOCc4ccc([N+](=O)[O-])cc4)CC1N(CCOCCO)C(=O)OC)C32. The van der Waals surface area contributed by atoms with Gasteiger partial charge < -0.3 is 43.8 Å². The van der Waals surface area contributed by atoms with Crippen molar-refractivity contribution in [2.45, 2.75) is 75.9 Å². The van der Waals surface area contributed by atoms with Crippen LogP contribution in [0.3, 0.4) is 0 Å². The van der Waals surface area contributed by atoms with Gasteiger partial charge in [0.25, 0.3) is 5.69 Å². The molecule has 0 spiro atoms. The lowest BCUT2D eigenvalue weighted by atomic mass is 9.55. The van der Waals surface area contributed by atoms with E-state index >= 15 is 0 Å². The molecule has 3 aromatic carbocycles. The fourth-order valence-corrected chi connectivity index (χ4v) is 9.23. The number of carbonyl (C=O) groups excluding carboxylic acids is 1. The maximum absolute atomic E-state index is 14.7. The maximum Gasteiger partial charge on any atom is 0.410 e. The van der Waals surface area contributed by atoms with Gasteiger partial charge in [-0.05, 0) is 85.1 Å². The number of nitrogens with zero attached hydrogens (tertiary/aromatic N) is 3. The van der Waals surface area contributed by atoms with Crippen molar-refractivity contribution >= 4 is 17.5 Å². The van der Waals surface area contributed by atoms with Crippen molar-refractivity contribution < 1.29 is 57.9 Å². The molecule has 1 aliphatic heterocycles. The van der Waals surface area contributed by atoms with Crippen LogP contribution in [0.15, 0.2) is 96.2 Å². The number of methoxy groups -OCH3 is 1. The Labute approximate surface area is 366 Å². The van der Waals surface area contributed by atoms with Gasteiger partial charge in [0, 0.05) is 55.4 Å². The van der Waals surface area contributed by atoms with E-state index in [1.165, 1.54) is 30.2 Å². The van der Waals surface area contributed by atoms with Crippen LogP contribution in [0, 0.1) is 33.7 Å². The number of halogens is 1. The first kappa shape index (κ1) is 47.1. The number of amides is 1. The van der Waals surface area contributed by atoms with Crippen LogP contribution in [0.2, 0.25) is 0 Å². The number of aliphatic hydroxyl groups is 3. The zero-order valence-corrected chi connectivity index (χ0v) is 35.6. The van der Waals surface area contributed by atoms with Crippen LogP contribution in [0.4, 0.5) is 14.9 Å². The highest BCUT2D eigenvalue weighted by Gasteiger charge is 2.65. The Morgan fingerprint density at radius 1 is 1.02 bits per heavy atom. The first-order valence-electron chi connectivity index (χ1n) is 21.5. The lowest BCUT2D eigenvalue weighted by molar-refractivity contribution is -0.384. The normalized spacial score (nSPS) is 22.8. The Kier molecular flexibility index (Phi) is 17.1. The molecule has 1 amide bonds. The Morgan fingerprint density at radius 2 is 1.78 bits per heavy atom. The highest BCUT2D eigenvalue weighted by atomic mass is 19.1. The van der Waals surface area contributed by atoms with Gasteiger partial charge in [0.2, 0.25) is 5.79 Å². The van der Waals surface area contributed by atoms with E-state index in [2.05, 4.69) is 12.7 Å². The predicted octanol–water partition coefficient (Wildman–Crippen LogP) is 7.22. The minimum Gasteiger partial charge on any atom is -0.489 e. The molecule has 63 heavy (non-hydrogen) atoms. The predicted molar refractivity (Wildman–Crippen MR) is 231 cm³/mol. The second-order valence-corrected chi connectivity index (χ2v) is 15.8. The molecule has 6 unspecified atom stereocenters. The lowest BCUT2D eigenvalue weighted by Gasteiger charge is -2.59. The van der Waals surface area contributed by atoms with Gasteiger partial charge in [-0.25, -0.2) is 9.18 Å². The van der Waals surface area contributed by atoms with Gasteiger partial charge in [0.1, 0.15) is 36.6 Å². The summed E-state index contributed by atoms with van der Waals surface area (Å²) in [6, 6.07) is 17.0. The van der Waals surface area contributed by atoms with Gasteiger partial charge in [-0.2, -0.15) is 0 Å². The van der Waals surface area contributed by atoms with Gasteiger partial charge in [0.05, 0.1) is 50.1 Å². The van der Waals surface area contributed by atoms with Gasteiger partial charge in [-0.3, -0.25) is 15.0 Å². The van der Waals surface area contributed by atoms with Crippen LogP contribution < -0.4 is 9.47 Å². The molecule has 3 N–H and O–H groups in total. The van der Waals surface area contributed by atoms with E-state index in [1.54, 1.807) is 42.5 Å². The summed E-state index contributed by atoms with van der Waals surface area (Å²) in [6.07, 6.45) is 7.30. The zero-order valence-electron chi connectivity index (χ0n) is 35.6. The Morgan fingerprint density at radius 3 is 2.48 bits per heavy atom. The highest BCUT2D eigenvalue weighted by molar-refractivity contribution is 6.03. The minimum atomic E-state index is -1.57. The Hall–Kier alpha value is -5.39. The molecule has 0 aromatic heterocycles. The molecule has 3 aromatic rings. The van der Waals surface area contributed by atoms with Crippen LogP contribution in [0.5, 0.6) is 11.5 Å². The molecule has 0 bridgehead atoms. The van der Waals surface area contributed by atoms with E-state index in [4.69, 9.17) is 33.7 Å². The van der Waals surface area contributed by atoms with Crippen LogP contribution in [0.25, 0.3) is 0 Å². The number of non-ortho nitro benzene ring substituents is 1. The van der Waals surface area contributed by atoms with Gasteiger partial charge in [0.15, 0.2) is 0 Å². The van der Waals surface area contributed by atoms with Gasteiger partial charge in [-0.1, -0.05) is 48.3 Å². The number of nitro groups is 1. The number of aliphatic hydroxyl groups excluding tert-OH is 3. The summed E-state index contributed by atoms with van der Waals surface area (Å²) in [5, 5.41) is 45.4. The number of carbonyl (C=O) groups is 1. The van der Waals surface area contributed by atoms with E-state index in [-0.39, 0.29) is 95.1 Å². The van der Waals surface area contributed by atoms with Crippen molar-refractivity contribution in [2.24, 2.45) is 22.9 Å². The molecule has 1 heterocycles. The summed E-state index contributed by atoms with van der Waals surface area (Å²) in [4.78, 5) is 32.4. The third-order valence-corrected chi connectivity index (χ3v) is 12.0. The summed E-state index contributed by atoms with van der Waals surface area (Å²) < 4.78 is 46.2. The van der Waals surface area contributed by atoms with Crippen molar-refractivity contribution in [1.29, 1.82) is 0 Å². The van der Waals surface area contributed by atoms with Crippen molar-refractivity contribution in [3.63, 3.8) is 0 Å². The molecule has 2 aliphatic carbocycles. The molecule has 16 heteroatoms. The molecule has 340 valence electrons. The summed E-state index contributed by atoms with van der Waals surface area (Å²) in [5.74, 6) is -2.06. The van der Waals surface area contributed by atoms with E-state index < -0.39 is 28.8 Å². The fraction of sp³-hybridized carbons (Fsp3) is 0.489. The molecular formula is C47H58FN3O12. The largest absolute Gasteiger partial charge is 0.489 e. The lowest BCUT2D eigenvalue weighted by Crippen LogP contribution is -2.70. The second-order valence-electron chi connectivity index (χ2n) is 15.8. The smallest absolute Gasteiger partial charge is 0.410 e. The number of rotatable bonds is 24. The first-order valence-corrected chi connectivity index (χ1v) is 21.5. The minimum absolute atomic E-state index is 0.00683. The molecule has 15 nitrogen and oxygen atoms in total. The van der Waals surface area contributed by atoms with Crippen molar-refractivity contribution in [3.05, 3.63) is 124 Å². The van der Waals surface area contributed by atoms with Crippen molar-refractivity contribution in [1.82, 2.24) is 4.90 Å². The average Bonchev–Trinajstić information content (AvgIpc) is 3.29. The van der Waals surface area contributed by atoms with Crippen molar-refractivity contribution in [2.75, 3.05) is 53.3 Å². The third-order valence-electron chi connectivity index (χ3n) is 12.0. The number of benzene rings is 3. The quantitative estimate of drug-likeness (QED) is 0.0355. The van der Waals surface area contributed by atoms with Crippen LogP contribution in [0.1, 0.15) is 67.6 Å². The number of allylic oxidation sites excluding steroid dienone is 1. The monoisotopic (exact) mass is 875 g/mol. The van der Waals surface area contributed by atoms with E-state index in [9.17, 15) is 34.6 Å². The van der Waals surface area contributed by atoms with Crippen LogP contribution in [-0.2, 0) is 32.3 Å². The molecule has 0 saturated heterocycles. The molecule has 1 fully saturated rings. The molecule has 1 saturated carbocycles. The van der Waals surface area contributed by atoms with E-state index in [0.29, 0.717) is 54.0 Å². The first-order chi connectivity index (χ1) is 30.7. The molecular weight excluding hydrogens is 818 g/mol. The fourth-order valence-electron chi connectivity index (χ4n) is 9.23. The number of unbranched alkanes of at least 4 members (excludes halogenated alkanes) is 2. The van der Waals surface area contributed by atoms with E-state index in [0.717, 1.165) is 24.0 Å². The third kappa shape index (κ3) is 11.0. The van der Waals surface area contributed by atoms with Crippen LogP contribution in [-0.4, -0.2) is 102 Å². The number of fused-ring (bicyclic) bond motifs is 2. The molecule has 0 radical (unpaired) electrons. The molecule has 6 rings (SSSR count). The number of nitro benzene ring substituents is 1. The maximum atomic E-state index is 14.7. The summed E-state index contributed by atoms with van der Waals surface area (Å²) in [5.41, 5.74) is 3.13. The molecule has 3 aliphatic rings. The zero-order chi connectivity index (χ0) is 44.8. The number of ether oxygens (including phenoxy) is 5. The highest BCUT2D eigenvalue weighted by Crippen LogP contribution is 2.62. The van der Waals surface area contributed by atoms with Gasteiger partial charge >= 0.3 is 6.09 Å². The number of hydrogen-bond donors (Lipinski definition) is 3. The Balaban J connectivity index is 1.54. The van der Waals surface area contributed by atoms with Crippen LogP contribution >= 0.6 is 0 Å². The summed E-state index contributed by atoms with van der Waals surface area (Å²) >= 11 is 0. The summed E-state index contributed by atoms with van der Waals surface area (Å²) in [6.45, 7) is 3.97.